The van der Waals surface area contributed by atoms with E-state index < -0.39 is 27.9 Å². The number of amides is 1. The summed E-state index contributed by atoms with van der Waals surface area (Å²) in [6.45, 7) is 0. The highest BCUT2D eigenvalue weighted by molar-refractivity contribution is 6.65. The number of halogens is 5. The summed E-state index contributed by atoms with van der Waals surface area (Å²) in [5.41, 5.74) is -1.62. The first-order valence-electron chi connectivity index (χ1n) is 3.65. The molecular weight excluding hydrogens is 238 g/mol. The molecule has 2 nitrogen and oxygen atoms in total. The van der Waals surface area contributed by atoms with E-state index in [1.165, 1.54) is 0 Å². The highest BCUT2D eigenvalue weighted by atomic mass is 35.5. The Hall–Kier alpha value is -1.30. The van der Waals surface area contributed by atoms with Crippen molar-refractivity contribution in [1.82, 2.24) is 0 Å². The van der Waals surface area contributed by atoms with Crippen LogP contribution in [0, 0.1) is 0 Å². The number of hydrogen-bond acceptors (Lipinski definition) is 1. The van der Waals surface area contributed by atoms with Gasteiger partial charge in [0.15, 0.2) is 0 Å². The van der Waals surface area contributed by atoms with Crippen LogP contribution in [0.2, 0.25) is 0 Å². The van der Waals surface area contributed by atoms with Gasteiger partial charge < -0.3 is 0 Å². The van der Waals surface area contributed by atoms with E-state index in [9.17, 15) is 22.4 Å². The minimum atomic E-state index is -4.59. The summed E-state index contributed by atoms with van der Waals surface area (Å²) in [6.07, 6.45) is -4.59. The first-order chi connectivity index (χ1) is 6.82. The highest BCUT2D eigenvalue weighted by Gasteiger charge is 2.31. The van der Waals surface area contributed by atoms with Crippen LogP contribution in [0.15, 0.2) is 24.3 Å². The molecule has 7 heteroatoms. The number of rotatable bonds is 1. The van der Waals surface area contributed by atoms with Gasteiger partial charge in [-0.15, -0.1) is 5.12 Å². The van der Waals surface area contributed by atoms with Crippen molar-refractivity contribution in [2.75, 3.05) is 5.12 Å². The molecule has 0 saturated heterocycles. The van der Waals surface area contributed by atoms with Gasteiger partial charge in [-0.1, -0.05) is 10.5 Å². The Balaban J connectivity index is 3.08. The van der Waals surface area contributed by atoms with Crippen molar-refractivity contribution in [1.29, 1.82) is 0 Å². The Morgan fingerprint density at radius 2 is 1.93 bits per heavy atom. The molecule has 15 heavy (non-hydrogen) atoms. The van der Waals surface area contributed by atoms with Crippen molar-refractivity contribution in [3.05, 3.63) is 29.8 Å². The summed E-state index contributed by atoms with van der Waals surface area (Å²) >= 11 is 4.76. The first-order valence-corrected chi connectivity index (χ1v) is 4.03. The standard InChI is InChI=1S/C8H4ClF4NO/c9-7(15)14(13)6-3-1-2-5(4-6)8(10,11)12/h1-4H. The van der Waals surface area contributed by atoms with E-state index in [1.807, 2.05) is 0 Å². The third-order valence-electron chi connectivity index (χ3n) is 1.55. The van der Waals surface area contributed by atoms with Crippen LogP contribution >= 0.6 is 11.6 Å². The van der Waals surface area contributed by atoms with Gasteiger partial charge in [0.2, 0.25) is 0 Å². The number of carbonyl (C=O) groups excluding carboxylic acids is 1. The molecule has 0 fully saturated rings. The zero-order valence-electron chi connectivity index (χ0n) is 7.05. The summed E-state index contributed by atoms with van der Waals surface area (Å²) in [4.78, 5) is 10.3. The number of anilines is 1. The molecule has 1 aromatic carbocycles. The summed E-state index contributed by atoms with van der Waals surface area (Å²) in [7, 11) is 0. The van der Waals surface area contributed by atoms with Crippen LogP contribution in [0.5, 0.6) is 0 Å². The van der Waals surface area contributed by atoms with Crippen LogP contribution in [-0.4, -0.2) is 5.37 Å². The molecule has 0 heterocycles. The summed E-state index contributed by atoms with van der Waals surface area (Å²) in [5, 5.41) is -2.08. The Morgan fingerprint density at radius 1 is 1.33 bits per heavy atom. The second-order valence-electron chi connectivity index (χ2n) is 2.58. The lowest BCUT2D eigenvalue weighted by Gasteiger charge is -2.11. The minimum absolute atomic E-state index is 0.486. The van der Waals surface area contributed by atoms with Gasteiger partial charge in [0.25, 0.3) is 0 Å². The molecule has 0 radical (unpaired) electrons. The van der Waals surface area contributed by atoms with E-state index in [4.69, 9.17) is 11.6 Å². The average Bonchev–Trinajstić information content (AvgIpc) is 2.15. The summed E-state index contributed by atoms with van der Waals surface area (Å²) < 4.78 is 49.3. The van der Waals surface area contributed by atoms with Crippen molar-refractivity contribution >= 4 is 22.7 Å². The molecule has 0 atom stereocenters. The second kappa shape index (κ2) is 4.06. The van der Waals surface area contributed by atoms with E-state index >= 15 is 0 Å². The predicted octanol–water partition coefficient (Wildman–Crippen LogP) is 3.76. The van der Waals surface area contributed by atoms with E-state index in [1.54, 1.807) is 0 Å². The normalized spacial score (nSPS) is 11.3. The fraction of sp³-hybridized carbons (Fsp3) is 0.125. The SMILES string of the molecule is O=C(Cl)N(F)c1cccc(C(F)(F)F)c1. The highest BCUT2D eigenvalue weighted by Crippen LogP contribution is 2.31. The number of benzene rings is 1. The van der Waals surface area contributed by atoms with Gasteiger partial charge in [-0.05, 0) is 29.8 Å². The second-order valence-corrected chi connectivity index (χ2v) is 2.91. The first kappa shape index (κ1) is 11.8. The molecule has 82 valence electrons. The molecule has 1 amide bonds. The van der Waals surface area contributed by atoms with E-state index in [2.05, 4.69) is 0 Å². The van der Waals surface area contributed by atoms with Gasteiger partial charge in [-0.25, -0.2) is 0 Å². The van der Waals surface area contributed by atoms with Crippen molar-refractivity contribution in [3.63, 3.8) is 0 Å². The largest absolute Gasteiger partial charge is 0.416 e. The monoisotopic (exact) mass is 241 g/mol. The van der Waals surface area contributed by atoms with Gasteiger partial charge >= 0.3 is 11.5 Å². The van der Waals surface area contributed by atoms with Crippen LogP contribution in [-0.2, 0) is 6.18 Å². The van der Waals surface area contributed by atoms with Gasteiger partial charge in [0.05, 0.1) is 11.3 Å². The smallest absolute Gasteiger partial charge is 0.252 e. The van der Waals surface area contributed by atoms with Crippen LogP contribution in [0.1, 0.15) is 5.56 Å². The Morgan fingerprint density at radius 3 is 2.40 bits per heavy atom. The van der Waals surface area contributed by atoms with Crippen molar-refractivity contribution < 1.29 is 22.4 Å². The van der Waals surface area contributed by atoms with Crippen LogP contribution in [0.4, 0.5) is 28.1 Å². The topological polar surface area (TPSA) is 20.3 Å². The number of nitrogens with zero attached hydrogens (tertiary/aromatic N) is 1. The lowest BCUT2D eigenvalue weighted by atomic mass is 10.2. The molecule has 0 saturated carbocycles. The predicted molar refractivity (Wildman–Crippen MR) is 46.3 cm³/mol. The molecule has 0 aromatic heterocycles. The average molecular weight is 242 g/mol. The molecule has 0 aliphatic carbocycles. The molecule has 0 aliphatic heterocycles. The zero-order chi connectivity index (χ0) is 11.6. The Labute approximate surface area is 87.0 Å². The molecule has 0 bridgehead atoms. The summed E-state index contributed by atoms with van der Waals surface area (Å²) in [5.74, 6) is 0. The Kier molecular flexibility index (Phi) is 3.18. The van der Waals surface area contributed by atoms with E-state index in [0.29, 0.717) is 6.07 Å². The maximum atomic E-state index is 12.8. The maximum Gasteiger partial charge on any atom is 0.416 e. The molecule has 0 N–H and O–H groups in total. The zero-order valence-corrected chi connectivity index (χ0v) is 7.81. The van der Waals surface area contributed by atoms with E-state index in [0.717, 1.165) is 18.2 Å². The number of carbonyl (C=O) groups is 1. The van der Waals surface area contributed by atoms with Gasteiger partial charge in [0.1, 0.15) is 0 Å². The summed E-state index contributed by atoms with van der Waals surface area (Å²) in [6, 6.07) is 3.22. The molecular formula is C8H4ClF4NO. The lowest BCUT2D eigenvalue weighted by molar-refractivity contribution is -0.137. The van der Waals surface area contributed by atoms with Crippen LogP contribution < -0.4 is 5.12 Å². The molecule has 0 unspecified atom stereocenters. The number of alkyl halides is 3. The minimum Gasteiger partial charge on any atom is -0.252 e. The quantitative estimate of drug-likeness (QED) is 0.317. The molecule has 0 spiro atoms. The molecule has 0 aliphatic rings. The van der Waals surface area contributed by atoms with Crippen LogP contribution in [0.25, 0.3) is 0 Å². The van der Waals surface area contributed by atoms with Gasteiger partial charge in [-0.2, -0.15) is 13.2 Å². The van der Waals surface area contributed by atoms with Crippen molar-refractivity contribution in [2.45, 2.75) is 6.18 Å². The lowest BCUT2D eigenvalue weighted by Crippen LogP contribution is -2.15. The fourth-order valence-corrected chi connectivity index (χ4v) is 1.00. The fourth-order valence-electron chi connectivity index (χ4n) is 0.906. The molecule has 1 aromatic rings. The van der Waals surface area contributed by atoms with Crippen LogP contribution in [0.3, 0.4) is 0 Å². The molecule has 1 rings (SSSR count). The third kappa shape index (κ3) is 2.82. The van der Waals surface area contributed by atoms with Crippen molar-refractivity contribution in [3.8, 4) is 0 Å². The third-order valence-corrected chi connectivity index (χ3v) is 1.70. The van der Waals surface area contributed by atoms with Gasteiger partial charge in [-0.3, -0.25) is 4.79 Å². The van der Waals surface area contributed by atoms with Gasteiger partial charge in [0, 0.05) is 0 Å². The van der Waals surface area contributed by atoms with Crippen molar-refractivity contribution in [2.24, 2.45) is 0 Å². The maximum absolute atomic E-state index is 12.8. The number of hydrogen-bond donors (Lipinski definition) is 0. The Bertz CT molecular complexity index is 379. The van der Waals surface area contributed by atoms with E-state index in [-0.39, 0.29) is 0 Å².